The Morgan fingerprint density at radius 3 is 2.59 bits per heavy atom. The Bertz CT molecular complexity index is 1080. The second-order valence-corrected chi connectivity index (χ2v) is 6.75. The number of ketones is 1. The fourth-order valence-corrected chi connectivity index (χ4v) is 3.59. The maximum absolute atomic E-state index is 14.4. The van der Waals surface area contributed by atoms with Crippen LogP contribution in [0, 0.1) is 0 Å². The fourth-order valence-electron chi connectivity index (χ4n) is 3.59. The number of Topliss-reactive ketones (excluding diaryl/α,β-unsaturated/α-hetero) is 1. The molecule has 0 bridgehead atoms. The first-order valence-electron chi connectivity index (χ1n) is 8.83. The molecular formula is C22H15F4NO2. The first-order valence-corrected chi connectivity index (χ1v) is 8.83. The van der Waals surface area contributed by atoms with Crippen molar-refractivity contribution in [1.82, 2.24) is 0 Å². The molecule has 148 valence electrons. The van der Waals surface area contributed by atoms with Crippen LogP contribution in [0.4, 0.5) is 17.6 Å². The molecule has 0 radical (unpaired) electrons. The van der Waals surface area contributed by atoms with E-state index in [0.717, 1.165) is 12.1 Å². The summed E-state index contributed by atoms with van der Waals surface area (Å²) in [6.45, 7) is 0. The molecule has 2 aromatic rings. The van der Waals surface area contributed by atoms with Crippen LogP contribution < -0.4 is 0 Å². The van der Waals surface area contributed by atoms with Crippen molar-refractivity contribution in [1.29, 1.82) is 0 Å². The molecule has 0 saturated carbocycles. The van der Waals surface area contributed by atoms with Gasteiger partial charge in [0.25, 0.3) is 0 Å². The number of ether oxygens (including phenoxy) is 1. The van der Waals surface area contributed by atoms with Crippen LogP contribution in [0.25, 0.3) is 6.08 Å². The molecule has 2 unspecified atom stereocenters. The van der Waals surface area contributed by atoms with Crippen molar-refractivity contribution in [2.24, 2.45) is 4.99 Å². The summed E-state index contributed by atoms with van der Waals surface area (Å²) in [5.41, 5.74) is 0.647. The quantitative estimate of drug-likeness (QED) is 0.499. The lowest BCUT2D eigenvalue weighted by molar-refractivity contribution is -0.137. The number of hydrogen-bond donors (Lipinski definition) is 0. The molecule has 2 aliphatic rings. The highest BCUT2D eigenvalue weighted by Crippen LogP contribution is 2.41. The highest BCUT2D eigenvalue weighted by Gasteiger charge is 2.41. The molecule has 1 heterocycles. The zero-order valence-electron chi connectivity index (χ0n) is 15.2. The molecule has 0 N–H and O–H groups in total. The Kier molecular flexibility index (Phi) is 4.61. The minimum atomic E-state index is -4.54. The molecule has 2 atom stereocenters. The van der Waals surface area contributed by atoms with Crippen molar-refractivity contribution in [3.63, 3.8) is 0 Å². The lowest BCUT2D eigenvalue weighted by atomic mass is 9.92. The number of nitrogens with zero attached hydrogens (tertiary/aromatic N) is 1. The summed E-state index contributed by atoms with van der Waals surface area (Å²) in [6, 6.07) is 11.5. The molecule has 0 amide bonds. The van der Waals surface area contributed by atoms with E-state index >= 15 is 0 Å². The molecule has 1 fully saturated rings. The predicted molar refractivity (Wildman–Crippen MR) is 100.0 cm³/mol. The number of aliphatic imine (C=N–C) groups is 1. The van der Waals surface area contributed by atoms with Gasteiger partial charge in [0.05, 0.1) is 11.5 Å². The highest BCUT2D eigenvalue weighted by atomic mass is 19.4. The number of halogens is 4. The van der Waals surface area contributed by atoms with Gasteiger partial charge in [-0.2, -0.15) is 13.2 Å². The number of carbonyl (C=O) groups is 1. The molecule has 0 spiro atoms. The molecule has 0 aromatic heterocycles. The second kappa shape index (κ2) is 6.99. The maximum Gasteiger partial charge on any atom is 0.416 e. The minimum absolute atomic E-state index is 0.0174. The van der Waals surface area contributed by atoms with Crippen LogP contribution in [0.3, 0.4) is 0 Å². The van der Waals surface area contributed by atoms with Crippen LogP contribution in [0.1, 0.15) is 34.1 Å². The highest BCUT2D eigenvalue weighted by molar-refractivity contribution is 6.19. The summed E-state index contributed by atoms with van der Waals surface area (Å²) in [7, 11) is 1.39. The molecule has 3 nitrogen and oxygen atoms in total. The fraction of sp³-hybridized carbons (Fsp3) is 0.182. The Morgan fingerprint density at radius 2 is 1.86 bits per heavy atom. The second-order valence-electron chi connectivity index (χ2n) is 6.75. The third-order valence-corrected chi connectivity index (χ3v) is 4.97. The third kappa shape index (κ3) is 3.37. The zero-order chi connectivity index (χ0) is 20.8. The van der Waals surface area contributed by atoms with E-state index in [0.29, 0.717) is 11.1 Å². The van der Waals surface area contributed by atoms with Gasteiger partial charge in [-0.15, -0.1) is 0 Å². The number of hydrogen-bond acceptors (Lipinski definition) is 3. The molecule has 29 heavy (non-hydrogen) atoms. The predicted octanol–water partition coefficient (Wildman–Crippen LogP) is 5.41. The first kappa shape index (κ1) is 19.1. The average molecular weight is 401 g/mol. The van der Waals surface area contributed by atoms with Gasteiger partial charge in [-0.3, -0.25) is 9.79 Å². The van der Waals surface area contributed by atoms with E-state index in [1.807, 2.05) is 0 Å². The van der Waals surface area contributed by atoms with Crippen molar-refractivity contribution in [3.8, 4) is 0 Å². The maximum atomic E-state index is 14.4. The number of rotatable bonds is 2. The third-order valence-electron chi connectivity index (χ3n) is 4.97. The van der Waals surface area contributed by atoms with Gasteiger partial charge in [0.15, 0.2) is 5.76 Å². The Hall–Kier alpha value is -3.22. The van der Waals surface area contributed by atoms with Crippen LogP contribution in [-0.2, 0) is 15.7 Å². The van der Waals surface area contributed by atoms with Crippen LogP contribution in [0.15, 0.2) is 71.2 Å². The van der Waals surface area contributed by atoms with Gasteiger partial charge in [-0.05, 0) is 34.9 Å². The van der Waals surface area contributed by atoms with Gasteiger partial charge >= 0.3 is 6.18 Å². The molecule has 2 aromatic carbocycles. The number of benzene rings is 2. The largest absolute Gasteiger partial charge is 0.439 e. The smallest absolute Gasteiger partial charge is 0.416 e. The topological polar surface area (TPSA) is 38.7 Å². The van der Waals surface area contributed by atoms with E-state index in [2.05, 4.69) is 4.99 Å². The van der Waals surface area contributed by atoms with Crippen molar-refractivity contribution in [2.45, 2.75) is 18.0 Å². The Balaban J connectivity index is 1.71. The molecule has 7 heteroatoms. The zero-order valence-corrected chi connectivity index (χ0v) is 15.2. The van der Waals surface area contributed by atoms with Crippen molar-refractivity contribution in [2.75, 3.05) is 7.05 Å². The number of fused-ring (bicyclic) bond motifs is 1. The molecular weight excluding hydrogens is 386 g/mol. The summed E-state index contributed by atoms with van der Waals surface area (Å²) < 4.78 is 59.1. The normalized spacial score (nSPS) is 24.0. The van der Waals surface area contributed by atoms with Gasteiger partial charge in [-0.25, -0.2) is 4.39 Å². The Morgan fingerprint density at radius 1 is 1.10 bits per heavy atom. The van der Waals surface area contributed by atoms with Crippen molar-refractivity contribution >= 4 is 17.8 Å². The minimum Gasteiger partial charge on any atom is -0.439 e. The average Bonchev–Trinajstić information content (AvgIpc) is 3.18. The number of allylic oxidation sites excluding steroid dienone is 3. The van der Waals surface area contributed by atoms with Crippen molar-refractivity contribution in [3.05, 3.63) is 88.4 Å². The van der Waals surface area contributed by atoms with E-state index in [-0.39, 0.29) is 17.2 Å². The van der Waals surface area contributed by atoms with Crippen LogP contribution in [0.2, 0.25) is 0 Å². The van der Waals surface area contributed by atoms with Crippen LogP contribution in [-0.4, -0.2) is 18.7 Å². The van der Waals surface area contributed by atoms with Gasteiger partial charge in [0.2, 0.25) is 11.7 Å². The lowest BCUT2D eigenvalue weighted by Gasteiger charge is -2.11. The molecule has 1 aliphatic carbocycles. The summed E-state index contributed by atoms with van der Waals surface area (Å²) >= 11 is 0. The van der Waals surface area contributed by atoms with E-state index < -0.39 is 35.2 Å². The molecule has 4 rings (SSSR count). The summed E-state index contributed by atoms with van der Waals surface area (Å²) in [4.78, 5) is 16.9. The summed E-state index contributed by atoms with van der Waals surface area (Å²) in [5.74, 6) is -3.02. The van der Waals surface area contributed by atoms with E-state index in [4.69, 9.17) is 4.74 Å². The summed E-state index contributed by atoms with van der Waals surface area (Å²) in [6.07, 6.45) is -1.80. The standard InChI is InChI=1S/C22H15F4NO2/c1-27-21-19(13-6-4-7-14(9-13)22(24,25)26)20(28)18(29-21)11-16-15-8-3-2-5-12(15)10-17(16)23/h2-11,16,19H,1H3. The first-order chi connectivity index (χ1) is 13.8. The van der Waals surface area contributed by atoms with Gasteiger partial charge in [-0.1, -0.05) is 42.5 Å². The van der Waals surface area contributed by atoms with E-state index in [1.54, 1.807) is 24.3 Å². The van der Waals surface area contributed by atoms with Gasteiger partial charge in [0, 0.05) is 7.05 Å². The van der Waals surface area contributed by atoms with E-state index in [9.17, 15) is 22.4 Å². The monoisotopic (exact) mass is 401 g/mol. The van der Waals surface area contributed by atoms with Gasteiger partial charge in [0.1, 0.15) is 11.7 Å². The lowest BCUT2D eigenvalue weighted by Crippen LogP contribution is -2.15. The summed E-state index contributed by atoms with van der Waals surface area (Å²) in [5, 5.41) is 0. The molecule has 1 saturated heterocycles. The van der Waals surface area contributed by atoms with Crippen molar-refractivity contribution < 1.29 is 27.1 Å². The SMILES string of the molecule is CN=C1OC(=CC2C(F)=Cc3ccccc32)C(=O)C1c1cccc(C(F)(F)F)c1. The van der Waals surface area contributed by atoms with Crippen LogP contribution >= 0.6 is 0 Å². The van der Waals surface area contributed by atoms with Gasteiger partial charge < -0.3 is 4.74 Å². The van der Waals surface area contributed by atoms with Crippen LogP contribution in [0.5, 0.6) is 0 Å². The Labute approximate surface area is 164 Å². The number of carbonyl (C=O) groups excluding carboxylic acids is 1. The number of alkyl halides is 3. The van der Waals surface area contributed by atoms with E-state index in [1.165, 1.54) is 31.3 Å². The molecule has 1 aliphatic heterocycles.